The predicted molar refractivity (Wildman–Crippen MR) is 162 cm³/mol. The van der Waals surface area contributed by atoms with E-state index in [4.69, 9.17) is 9.84 Å². The standard InChI is InChI=1S/C31H42N4O7S/c1-18-27(43-17-32-18)19-10-11-21-22(12-13-42-23(21)14-19)29(40)33-24-15-20(36)16-35(24)30(41)28(31(2,3)4)34-25(37)8-6-5-7-9-26(38)39/h10-11,14,17,20,22,24,28,36H,5-9,12-13,15-16H2,1-4H3,(H,33,40)(H,34,37)(H,38,39)/t20-,22?,24+,28-/m1/s1. The van der Waals surface area contributed by atoms with Crippen LogP contribution in [0.3, 0.4) is 0 Å². The van der Waals surface area contributed by atoms with Crippen LogP contribution in [0.2, 0.25) is 0 Å². The summed E-state index contributed by atoms with van der Waals surface area (Å²) in [7, 11) is 0. The minimum atomic E-state index is -0.874. The Labute approximate surface area is 256 Å². The van der Waals surface area contributed by atoms with Gasteiger partial charge < -0.3 is 30.5 Å². The number of hydrogen-bond acceptors (Lipinski definition) is 8. The highest BCUT2D eigenvalue weighted by molar-refractivity contribution is 7.13. The maximum absolute atomic E-state index is 13.8. The zero-order valence-electron chi connectivity index (χ0n) is 25.2. The molecule has 234 valence electrons. The number of aliphatic hydroxyl groups excluding tert-OH is 1. The van der Waals surface area contributed by atoms with Crippen LogP contribution >= 0.6 is 11.3 Å². The van der Waals surface area contributed by atoms with Gasteiger partial charge in [-0.15, -0.1) is 11.3 Å². The van der Waals surface area contributed by atoms with Crippen molar-refractivity contribution >= 4 is 35.0 Å². The number of carboxylic acid groups (broad SMARTS) is 1. The molecule has 12 heteroatoms. The monoisotopic (exact) mass is 614 g/mol. The third-order valence-electron chi connectivity index (χ3n) is 7.96. The number of aliphatic carboxylic acids is 1. The highest BCUT2D eigenvalue weighted by Gasteiger charge is 2.43. The van der Waals surface area contributed by atoms with E-state index in [1.54, 1.807) is 16.8 Å². The first kappa shape index (κ1) is 32.4. The molecule has 3 heterocycles. The number of unbranched alkanes of at least 4 members (excludes halogenated alkanes) is 2. The number of nitrogens with one attached hydrogen (secondary N) is 2. The van der Waals surface area contributed by atoms with Crippen LogP contribution in [0.1, 0.15) is 82.9 Å². The van der Waals surface area contributed by atoms with Gasteiger partial charge in [-0.2, -0.15) is 0 Å². The molecule has 4 rings (SSSR count). The number of rotatable bonds is 11. The van der Waals surface area contributed by atoms with Crippen molar-refractivity contribution in [1.29, 1.82) is 0 Å². The van der Waals surface area contributed by atoms with Gasteiger partial charge in [0.1, 0.15) is 18.0 Å². The number of hydrogen-bond donors (Lipinski definition) is 4. The summed E-state index contributed by atoms with van der Waals surface area (Å²) in [5.74, 6) is -1.61. The second-order valence-electron chi connectivity index (χ2n) is 12.4. The van der Waals surface area contributed by atoms with Crippen molar-refractivity contribution in [2.24, 2.45) is 5.41 Å². The van der Waals surface area contributed by atoms with E-state index in [1.807, 2.05) is 45.9 Å². The fourth-order valence-electron chi connectivity index (χ4n) is 5.63. The molecule has 4 atom stereocenters. The minimum absolute atomic E-state index is 0.0450. The van der Waals surface area contributed by atoms with Gasteiger partial charge in [-0.1, -0.05) is 39.3 Å². The Morgan fingerprint density at radius 1 is 1.16 bits per heavy atom. The summed E-state index contributed by atoms with van der Waals surface area (Å²) in [6.45, 7) is 7.92. The average Bonchev–Trinajstić information content (AvgIpc) is 3.54. The molecule has 4 N–H and O–H groups in total. The number of β-amino-alcohol motifs (C(OH)–C–C–N with tert-alkyl or cyclic N) is 1. The minimum Gasteiger partial charge on any atom is -0.493 e. The average molecular weight is 615 g/mol. The van der Waals surface area contributed by atoms with E-state index in [0.29, 0.717) is 38.0 Å². The molecule has 0 aliphatic carbocycles. The SMILES string of the molecule is Cc1ncsc1-c1ccc2c(c1)OCCC2C(=O)N[C@@H]1C[C@@H](O)CN1C(=O)[C@@H](NC(=O)CCCCCC(=O)O)C(C)(C)C. The molecule has 0 radical (unpaired) electrons. The lowest BCUT2D eigenvalue weighted by Crippen LogP contribution is -2.58. The Balaban J connectivity index is 1.43. The second-order valence-corrected chi connectivity index (χ2v) is 13.3. The number of carbonyl (C=O) groups is 4. The second kappa shape index (κ2) is 13.9. The van der Waals surface area contributed by atoms with Crippen LogP contribution in [0, 0.1) is 12.3 Å². The van der Waals surface area contributed by atoms with Crippen LogP contribution < -0.4 is 15.4 Å². The lowest BCUT2D eigenvalue weighted by Gasteiger charge is -2.36. The van der Waals surface area contributed by atoms with Crippen molar-refractivity contribution in [3.8, 4) is 16.2 Å². The third-order valence-corrected chi connectivity index (χ3v) is 8.94. The smallest absolute Gasteiger partial charge is 0.303 e. The number of fused-ring (bicyclic) bond motifs is 1. The molecule has 2 aromatic rings. The first-order chi connectivity index (χ1) is 20.3. The molecule has 2 aliphatic heterocycles. The van der Waals surface area contributed by atoms with Gasteiger partial charge in [-0.25, -0.2) is 4.98 Å². The maximum atomic E-state index is 13.8. The Morgan fingerprint density at radius 2 is 1.91 bits per heavy atom. The van der Waals surface area contributed by atoms with Gasteiger partial charge in [0.25, 0.3) is 0 Å². The number of benzene rings is 1. The first-order valence-corrected chi connectivity index (χ1v) is 15.7. The lowest BCUT2D eigenvalue weighted by molar-refractivity contribution is -0.142. The number of carbonyl (C=O) groups excluding carboxylic acids is 3. The Bertz CT molecular complexity index is 1340. The summed E-state index contributed by atoms with van der Waals surface area (Å²) in [5, 5.41) is 25.2. The third kappa shape index (κ3) is 8.11. The number of thiazole rings is 1. The quantitative estimate of drug-likeness (QED) is 0.280. The summed E-state index contributed by atoms with van der Waals surface area (Å²) in [6.07, 6.45) is 0.967. The van der Waals surface area contributed by atoms with Crippen molar-refractivity contribution in [2.75, 3.05) is 13.2 Å². The number of likely N-dealkylation sites (tertiary alicyclic amines) is 1. The van der Waals surface area contributed by atoms with E-state index < -0.39 is 35.6 Å². The molecule has 1 saturated heterocycles. The molecular weight excluding hydrogens is 572 g/mol. The number of aromatic nitrogens is 1. The van der Waals surface area contributed by atoms with Crippen LogP contribution in [-0.2, 0) is 19.2 Å². The molecule has 1 aromatic carbocycles. The van der Waals surface area contributed by atoms with Crippen LogP contribution in [0.4, 0.5) is 0 Å². The number of carboxylic acids is 1. The van der Waals surface area contributed by atoms with Crippen molar-refractivity contribution < 1.29 is 34.1 Å². The molecule has 43 heavy (non-hydrogen) atoms. The Kier molecular flexibility index (Phi) is 10.4. The van der Waals surface area contributed by atoms with E-state index >= 15 is 0 Å². The van der Waals surface area contributed by atoms with E-state index in [-0.39, 0.29) is 43.5 Å². The zero-order chi connectivity index (χ0) is 31.3. The lowest BCUT2D eigenvalue weighted by atomic mass is 9.85. The number of amides is 3. The van der Waals surface area contributed by atoms with Gasteiger partial charge in [-0.3, -0.25) is 19.2 Å². The number of aryl methyl sites for hydroxylation is 1. The summed E-state index contributed by atoms with van der Waals surface area (Å²) in [4.78, 5) is 57.7. The van der Waals surface area contributed by atoms with Gasteiger partial charge in [-0.05, 0) is 43.2 Å². The number of ether oxygens (including phenoxy) is 1. The van der Waals surface area contributed by atoms with Gasteiger partial charge in [0, 0.05) is 31.4 Å². The molecule has 0 bridgehead atoms. The number of aliphatic hydroxyl groups is 1. The molecule has 1 aromatic heterocycles. The van der Waals surface area contributed by atoms with Crippen LogP contribution in [0.25, 0.3) is 10.4 Å². The summed E-state index contributed by atoms with van der Waals surface area (Å²) in [5.41, 5.74) is 3.84. The molecule has 0 spiro atoms. The fourth-order valence-corrected chi connectivity index (χ4v) is 6.43. The van der Waals surface area contributed by atoms with Crippen LogP contribution in [-0.4, -0.2) is 75.3 Å². The normalized spacial score (nSPS) is 20.6. The summed E-state index contributed by atoms with van der Waals surface area (Å²) >= 11 is 1.55. The highest BCUT2D eigenvalue weighted by atomic mass is 32.1. The van der Waals surface area contributed by atoms with Crippen molar-refractivity contribution in [3.63, 3.8) is 0 Å². The Morgan fingerprint density at radius 3 is 2.58 bits per heavy atom. The maximum Gasteiger partial charge on any atom is 0.303 e. The molecule has 11 nitrogen and oxygen atoms in total. The largest absolute Gasteiger partial charge is 0.493 e. The van der Waals surface area contributed by atoms with Crippen molar-refractivity contribution in [2.45, 2.75) is 96.9 Å². The number of nitrogens with zero attached hydrogens (tertiary/aromatic N) is 2. The molecule has 1 unspecified atom stereocenters. The fraction of sp³-hybridized carbons (Fsp3) is 0.581. The van der Waals surface area contributed by atoms with Gasteiger partial charge in [0.05, 0.1) is 34.7 Å². The van der Waals surface area contributed by atoms with Crippen molar-refractivity contribution in [1.82, 2.24) is 20.5 Å². The van der Waals surface area contributed by atoms with E-state index in [2.05, 4.69) is 15.6 Å². The highest BCUT2D eigenvalue weighted by Crippen LogP contribution is 2.39. The molecular formula is C31H42N4O7S. The Hall–Kier alpha value is -3.51. The molecule has 0 saturated carbocycles. The first-order valence-electron chi connectivity index (χ1n) is 14.8. The van der Waals surface area contributed by atoms with E-state index in [0.717, 1.165) is 21.7 Å². The predicted octanol–water partition coefficient (Wildman–Crippen LogP) is 3.59. The topological polar surface area (TPSA) is 158 Å². The van der Waals surface area contributed by atoms with E-state index in [9.17, 15) is 24.3 Å². The molecule has 2 aliphatic rings. The van der Waals surface area contributed by atoms with Gasteiger partial charge in [0.15, 0.2) is 0 Å². The van der Waals surface area contributed by atoms with Crippen LogP contribution in [0.15, 0.2) is 23.7 Å². The summed E-state index contributed by atoms with van der Waals surface area (Å²) < 4.78 is 5.92. The molecule has 3 amide bonds. The van der Waals surface area contributed by atoms with Crippen molar-refractivity contribution in [3.05, 3.63) is 35.0 Å². The summed E-state index contributed by atoms with van der Waals surface area (Å²) in [6, 6.07) is 4.94. The van der Waals surface area contributed by atoms with Crippen LogP contribution in [0.5, 0.6) is 5.75 Å². The van der Waals surface area contributed by atoms with Gasteiger partial charge >= 0.3 is 5.97 Å². The van der Waals surface area contributed by atoms with E-state index in [1.165, 1.54) is 4.90 Å². The zero-order valence-corrected chi connectivity index (χ0v) is 26.0. The van der Waals surface area contributed by atoms with Gasteiger partial charge in [0.2, 0.25) is 17.7 Å². The molecule has 1 fully saturated rings.